The van der Waals surface area contributed by atoms with Crippen LogP contribution in [0, 0.1) is 19.8 Å². The van der Waals surface area contributed by atoms with Gasteiger partial charge in [0.25, 0.3) is 0 Å². The first-order chi connectivity index (χ1) is 13.5. The smallest absolute Gasteiger partial charge is 0.146 e. The Morgan fingerprint density at radius 1 is 1.39 bits per heavy atom. The van der Waals surface area contributed by atoms with Crippen LogP contribution < -0.4 is 5.84 Å². The highest BCUT2D eigenvalue weighted by molar-refractivity contribution is 6.02. The van der Waals surface area contributed by atoms with Gasteiger partial charge in [-0.1, -0.05) is 24.3 Å². The van der Waals surface area contributed by atoms with Crippen LogP contribution in [-0.2, 0) is 4.74 Å². The fourth-order valence-electron chi connectivity index (χ4n) is 3.55. The predicted octanol–water partition coefficient (Wildman–Crippen LogP) is 4.21. The molecule has 5 nitrogen and oxygen atoms in total. The molecule has 1 aromatic heterocycles. The van der Waals surface area contributed by atoms with Gasteiger partial charge >= 0.3 is 0 Å². The second-order valence-electron chi connectivity index (χ2n) is 7.36. The molecular weight excluding hydrogens is 348 g/mol. The number of nitrogens with one attached hydrogen (secondary N) is 1. The molecule has 0 saturated carbocycles. The molecule has 0 fully saturated rings. The number of aliphatic imine (C=N–C) groups is 1. The summed E-state index contributed by atoms with van der Waals surface area (Å²) in [5.41, 5.74) is 6.36. The van der Waals surface area contributed by atoms with Crippen molar-refractivity contribution in [2.75, 3.05) is 20.2 Å². The minimum Gasteiger partial charge on any atom is -0.494 e. The first kappa shape index (κ1) is 20.1. The standard InChI is InChI=1S/C23H30N4O/c1-5-19(15-27(24)14-18-9-7-6-8-10-18)21-13-23(28-4)22(26-21)12-20-16(2)11-17(3)25-20/h5,7,9-13,19,25H,1,6,8,14-15,24H2,2-4H3/b22-12-/t19-/m1/s1. The van der Waals surface area contributed by atoms with E-state index in [2.05, 4.69) is 42.8 Å². The van der Waals surface area contributed by atoms with Crippen LogP contribution >= 0.6 is 0 Å². The van der Waals surface area contributed by atoms with Crippen molar-refractivity contribution in [2.24, 2.45) is 16.8 Å². The number of aromatic nitrogens is 1. The maximum absolute atomic E-state index is 6.28. The lowest BCUT2D eigenvalue weighted by Gasteiger charge is -2.22. The third-order valence-electron chi connectivity index (χ3n) is 5.02. The number of H-pyrrole nitrogens is 1. The summed E-state index contributed by atoms with van der Waals surface area (Å²) in [4.78, 5) is 8.18. The second kappa shape index (κ2) is 9.04. The number of rotatable bonds is 8. The van der Waals surface area contributed by atoms with Gasteiger partial charge in [0.15, 0.2) is 0 Å². The lowest BCUT2D eigenvalue weighted by atomic mass is 10.0. The van der Waals surface area contributed by atoms with E-state index in [-0.39, 0.29) is 5.92 Å². The number of ether oxygens (including phenoxy) is 1. The molecule has 3 rings (SSSR count). The summed E-state index contributed by atoms with van der Waals surface area (Å²) >= 11 is 0. The van der Waals surface area contributed by atoms with Gasteiger partial charge < -0.3 is 9.72 Å². The van der Waals surface area contributed by atoms with Gasteiger partial charge in [-0.3, -0.25) is 5.84 Å². The zero-order valence-electron chi connectivity index (χ0n) is 17.0. The Hall–Kier alpha value is -2.63. The molecule has 1 atom stereocenters. The molecule has 0 aromatic carbocycles. The van der Waals surface area contributed by atoms with Crippen molar-refractivity contribution in [1.29, 1.82) is 0 Å². The van der Waals surface area contributed by atoms with Crippen molar-refractivity contribution in [3.8, 4) is 0 Å². The Morgan fingerprint density at radius 2 is 2.21 bits per heavy atom. The Bertz CT molecular complexity index is 882. The summed E-state index contributed by atoms with van der Waals surface area (Å²) in [5.74, 6) is 7.07. The van der Waals surface area contributed by atoms with Gasteiger partial charge in [-0.05, 0) is 50.0 Å². The van der Waals surface area contributed by atoms with E-state index in [1.807, 2.05) is 30.2 Å². The second-order valence-corrected chi connectivity index (χ2v) is 7.36. The van der Waals surface area contributed by atoms with Crippen molar-refractivity contribution in [2.45, 2.75) is 26.7 Å². The first-order valence-electron chi connectivity index (χ1n) is 9.70. The van der Waals surface area contributed by atoms with E-state index in [1.54, 1.807) is 7.11 Å². The molecule has 28 heavy (non-hydrogen) atoms. The van der Waals surface area contributed by atoms with Gasteiger partial charge in [0.05, 0.1) is 12.8 Å². The SMILES string of the molecule is C=C[C@H](CN(N)CC1=CCCC=C1)C1=N/C(=C\c2[nH]c(C)cc2C)C(OC)=C1. The van der Waals surface area contributed by atoms with E-state index in [9.17, 15) is 0 Å². The highest BCUT2D eigenvalue weighted by Gasteiger charge is 2.22. The van der Waals surface area contributed by atoms with Crippen molar-refractivity contribution in [3.63, 3.8) is 0 Å². The van der Waals surface area contributed by atoms with Crippen LogP contribution in [0.4, 0.5) is 0 Å². The molecule has 0 spiro atoms. The molecule has 1 aromatic rings. The van der Waals surface area contributed by atoms with E-state index < -0.39 is 0 Å². The minimum absolute atomic E-state index is 0.0284. The molecule has 0 radical (unpaired) electrons. The van der Waals surface area contributed by atoms with Gasteiger partial charge in [0.1, 0.15) is 11.5 Å². The highest BCUT2D eigenvalue weighted by Crippen LogP contribution is 2.26. The number of nitrogens with two attached hydrogens (primary N) is 1. The molecule has 5 heteroatoms. The average molecular weight is 379 g/mol. The van der Waals surface area contributed by atoms with Crippen LogP contribution in [-0.4, -0.2) is 35.9 Å². The lowest BCUT2D eigenvalue weighted by Crippen LogP contribution is -2.38. The Balaban J connectivity index is 1.75. The number of allylic oxidation sites excluding steroid dienone is 3. The fourth-order valence-corrected chi connectivity index (χ4v) is 3.55. The maximum Gasteiger partial charge on any atom is 0.146 e. The number of hydrogen-bond donors (Lipinski definition) is 2. The summed E-state index contributed by atoms with van der Waals surface area (Å²) in [6.07, 6.45) is 14.7. The number of aryl methyl sites for hydroxylation is 2. The van der Waals surface area contributed by atoms with E-state index in [4.69, 9.17) is 15.6 Å². The van der Waals surface area contributed by atoms with E-state index in [0.717, 1.165) is 47.9 Å². The number of methoxy groups -OCH3 is 1. The molecule has 0 saturated heterocycles. The summed E-state index contributed by atoms with van der Waals surface area (Å²) in [7, 11) is 1.67. The molecule has 148 valence electrons. The van der Waals surface area contributed by atoms with Crippen molar-refractivity contribution >= 4 is 11.8 Å². The van der Waals surface area contributed by atoms with E-state index in [1.165, 1.54) is 11.1 Å². The first-order valence-corrected chi connectivity index (χ1v) is 9.70. The molecule has 0 bridgehead atoms. The molecule has 2 heterocycles. The van der Waals surface area contributed by atoms with Gasteiger partial charge in [0, 0.05) is 36.5 Å². The van der Waals surface area contributed by atoms with Crippen LogP contribution in [0.5, 0.6) is 0 Å². The molecule has 0 amide bonds. The topological polar surface area (TPSA) is 66.6 Å². The zero-order chi connectivity index (χ0) is 20.1. The predicted molar refractivity (Wildman–Crippen MR) is 117 cm³/mol. The maximum atomic E-state index is 6.28. The van der Waals surface area contributed by atoms with E-state index in [0.29, 0.717) is 6.54 Å². The average Bonchev–Trinajstić information content (AvgIpc) is 3.23. The van der Waals surface area contributed by atoms with Gasteiger partial charge in [-0.15, -0.1) is 6.58 Å². The molecule has 0 unspecified atom stereocenters. The molecule has 2 aliphatic rings. The largest absolute Gasteiger partial charge is 0.494 e. The third kappa shape index (κ3) is 4.80. The molecule has 1 aliphatic carbocycles. The quantitative estimate of drug-likeness (QED) is 0.404. The van der Waals surface area contributed by atoms with Crippen LogP contribution in [0.25, 0.3) is 6.08 Å². The zero-order valence-corrected chi connectivity index (χ0v) is 17.0. The van der Waals surface area contributed by atoms with Gasteiger partial charge in [0.2, 0.25) is 0 Å². The normalized spacial score (nSPS) is 18.9. The summed E-state index contributed by atoms with van der Waals surface area (Å²) in [6.45, 7) is 9.49. The summed E-state index contributed by atoms with van der Waals surface area (Å²) in [6, 6.07) is 2.12. The van der Waals surface area contributed by atoms with Crippen molar-refractivity contribution < 1.29 is 4.74 Å². The lowest BCUT2D eigenvalue weighted by molar-refractivity contribution is 0.299. The third-order valence-corrected chi connectivity index (χ3v) is 5.02. The van der Waals surface area contributed by atoms with Gasteiger partial charge in [-0.25, -0.2) is 10.0 Å². The van der Waals surface area contributed by atoms with Crippen molar-refractivity contribution in [3.05, 3.63) is 77.0 Å². The summed E-state index contributed by atoms with van der Waals surface area (Å²) in [5, 5.41) is 1.83. The monoisotopic (exact) mass is 378 g/mol. The number of hydrogen-bond acceptors (Lipinski definition) is 4. The summed E-state index contributed by atoms with van der Waals surface area (Å²) < 4.78 is 5.56. The Morgan fingerprint density at radius 3 is 2.82 bits per heavy atom. The Labute approximate surface area is 167 Å². The van der Waals surface area contributed by atoms with Crippen LogP contribution in [0.15, 0.2) is 65.0 Å². The van der Waals surface area contributed by atoms with E-state index >= 15 is 0 Å². The van der Waals surface area contributed by atoms with Crippen LogP contribution in [0.3, 0.4) is 0 Å². The minimum atomic E-state index is 0.0284. The Kier molecular flexibility index (Phi) is 6.49. The van der Waals surface area contributed by atoms with Crippen molar-refractivity contribution in [1.82, 2.24) is 9.99 Å². The van der Waals surface area contributed by atoms with Gasteiger partial charge in [-0.2, -0.15) is 0 Å². The molecule has 3 N–H and O–H groups in total. The number of nitrogens with zero attached hydrogens (tertiary/aromatic N) is 2. The molecule has 1 aliphatic heterocycles. The van der Waals surface area contributed by atoms with Crippen LogP contribution in [0.1, 0.15) is 29.8 Å². The number of hydrazine groups is 1. The molecular formula is C23H30N4O. The fraction of sp³-hybridized carbons (Fsp3) is 0.348. The highest BCUT2D eigenvalue weighted by atomic mass is 16.5. The van der Waals surface area contributed by atoms with Crippen LogP contribution in [0.2, 0.25) is 0 Å². The number of aromatic amines is 1.